The van der Waals surface area contributed by atoms with E-state index in [0.29, 0.717) is 0 Å². The van der Waals surface area contributed by atoms with E-state index in [4.69, 9.17) is 0 Å². The Bertz CT molecular complexity index is 382. The standard InChI is InChI=1S/C14H16P.H2O/c1-15(2,13-9-5-3-6-10-13)14-11-7-4-8-12-14;/h3-12H,1-2H3;1H2/q+1;/p-1. The molecule has 1 N–H and O–H groups in total. The van der Waals surface area contributed by atoms with Gasteiger partial charge >= 0.3 is 0 Å². The van der Waals surface area contributed by atoms with Gasteiger partial charge in [-0.3, -0.25) is 0 Å². The Kier molecular flexibility index (Phi) is 4.23. The molecule has 0 aromatic heterocycles. The summed E-state index contributed by atoms with van der Waals surface area (Å²) in [7, 11) is -1.15. The van der Waals surface area contributed by atoms with Gasteiger partial charge in [-0.1, -0.05) is 36.4 Å². The maximum absolute atomic E-state index is 2.37. The van der Waals surface area contributed by atoms with Crippen molar-refractivity contribution in [3.8, 4) is 0 Å². The van der Waals surface area contributed by atoms with Crippen molar-refractivity contribution < 1.29 is 5.48 Å². The van der Waals surface area contributed by atoms with Gasteiger partial charge in [0.25, 0.3) is 0 Å². The Labute approximate surface area is 97.8 Å². The van der Waals surface area contributed by atoms with E-state index in [-0.39, 0.29) is 5.48 Å². The van der Waals surface area contributed by atoms with Gasteiger partial charge in [0, 0.05) is 0 Å². The Hall–Kier alpha value is -1.17. The van der Waals surface area contributed by atoms with E-state index >= 15 is 0 Å². The number of hydrogen-bond acceptors (Lipinski definition) is 1. The molecule has 0 fully saturated rings. The molecule has 0 heterocycles. The van der Waals surface area contributed by atoms with E-state index in [1.165, 1.54) is 10.6 Å². The third-order valence-electron chi connectivity index (χ3n) is 2.80. The van der Waals surface area contributed by atoms with E-state index in [9.17, 15) is 0 Å². The van der Waals surface area contributed by atoms with Gasteiger partial charge in [-0.25, -0.2) is 0 Å². The smallest absolute Gasteiger partial charge is 0.0985 e. The lowest BCUT2D eigenvalue weighted by Gasteiger charge is -2.17. The minimum atomic E-state index is -1.15. The molecule has 0 amide bonds. The van der Waals surface area contributed by atoms with Gasteiger partial charge in [0.1, 0.15) is 0 Å². The zero-order valence-electron chi connectivity index (χ0n) is 9.67. The molecule has 0 saturated heterocycles. The van der Waals surface area contributed by atoms with Gasteiger partial charge in [0.05, 0.1) is 31.2 Å². The molecule has 0 aliphatic heterocycles. The molecular formula is C14H17OP. The second-order valence-corrected chi connectivity index (χ2v) is 8.06. The Morgan fingerprint density at radius 1 is 0.625 bits per heavy atom. The fourth-order valence-electron chi connectivity index (χ4n) is 1.75. The lowest BCUT2D eigenvalue weighted by molar-refractivity contribution is 0.824. The third-order valence-corrected chi connectivity index (χ3v) is 5.98. The zero-order chi connectivity index (χ0) is 10.7. The summed E-state index contributed by atoms with van der Waals surface area (Å²) in [5, 5.41) is 2.94. The van der Waals surface area contributed by atoms with Crippen molar-refractivity contribution in [1.29, 1.82) is 0 Å². The van der Waals surface area contributed by atoms with Crippen molar-refractivity contribution in [2.24, 2.45) is 0 Å². The molecule has 16 heavy (non-hydrogen) atoms. The van der Waals surface area contributed by atoms with Crippen LogP contribution >= 0.6 is 7.26 Å². The molecule has 0 unspecified atom stereocenters. The van der Waals surface area contributed by atoms with Crippen LogP contribution in [0.4, 0.5) is 0 Å². The molecule has 2 heteroatoms. The second kappa shape index (κ2) is 5.25. The van der Waals surface area contributed by atoms with Gasteiger partial charge in [0.2, 0.25) is 0 Å². The highest BCUT2D eigenvalue weighted by Crippen LogP contribution is 2.48. The fourth-order valence-corrected chi connectivity index (χ4v) is 3.88. The summed E-state index contributed by atoms with van der Waals surface area (Å²) >= 11 is 0. The van der Waals surface area contributed by atoms with Crippen molar-refractivity contribution in [2.45, 2.75) is 0 Å². The zero-order valence-corrected chi connectivity index (χ0v) is 10.6. The lowest BCUT2D eigenvalue weighted by Crippen LogP contribution is -2.19. The third kappa shape index (κ3) is 2.49. The van der Waals surface area contributed by atoms with Crippen molar-refractivity contribution >= 4 is 17.9 Å². The number of benzene rings is 2. The summed E-state index contributed by atoms with van der Waals surface area (Å²) < 4.78 is 0. The van der Waals surface area contributed by atoms with E-state index < -0.39 is 7.26 Å². The van der Waals surface area contributed by atoms with Crippen LogP contribution in [0.3, 0.4) is 0 Å². The Morgan fingerprint density at radius 2 is 0.938 bits per heavy atom. The molecule has 0 aliphatic rings. The van der Waals surface area contributed by atoms with E-state index in [0.717, 1.165) is 0 Å². The second-order valence-electron chi connectivity index (χ2n) is 4.12. The van der Waals surface area contributed by atoms with Gasteiger partial charge in [-0.05, 0) is 24.3 Å². The molecule has 0 atom stereocenters. The van der Waals surface area contributed by atoms with Crippen LogP contribution in [0.1, 0.15) is 0 Å². The summed E-state index contributed by atoms with van der Waals surface area (Å²) in [4.78, 5) is 0. The maximum Gasteiger partial charge on any atom is 0.0985 e. The van der Waals surface area contributed by atoms with Crippen molar-refractivity contribution in [3.05, 3.63) is 60.7 Å². The molecule has 2 rings (SSSR count). The van der Waals surface area contributed by atoms with Crippen LogP contribution < -0.4 is 10.6 Å². The van der Waals surface area contributed by atoms with Crippen LogP contribution in [0, 0.1) is 0 Å². The van der Waals surface area contributed by atoms with Crippen molar-refractivity contribution in [3.63, 3.8) is 0 Å². The van der Waals surface area contributed by atoms with Crippen LogP contribution in [0.5, 0.6) is 0 Å². The lowest BCUT2D eigenvalue weighted by atomic mass is 10.4. The molecule has 0 aliphatic carbocycles. The maximum atomic E-state index is 2.37. The summed E-state index contributed by atoms with van der Waals surface area (Å²) in [6.07, 6.45) is 0. The van der Waals surface area contributed by atoms with E-state index in [2.05, 4.69) is 74.0 Å². The summed E-state index contributed by atoms with van der Waals surface area (Å²) in [5.74, 6) is 0. The predicted molar refractivity (Wildman–Crippen MR) is 72.9 cm³/mol. The average molecular weight is 232 g/mol. The molecule has 1 nitrogen and oxygen atoms in total. The molecule has 0 saturated carbocycles. The molecule has 84 valence electrons. The Morgan fingerprint density at radius 3 is 1.25 bits per heavy atom. The fraction of sp³-hybridized carbons (Fsp3) is 0.143. The molecule has 2 aromatic rings. The summed E-state index contributed by atoms with van der Waals surface area (Å²) in [5.41, 5.74) is 0. The Balaban J connectivity index is 0.00000128. The van der Waals surface area contributed by atoms with E-state index in [1.807, 2.05) is 0 Å². The SMILES string of the molecule is C[P+](C)(c1ccccc1)c1ccccc1.[OH-]. The topological polar surface area (TPSA) is 30.0 Å². The number of rotatable bonds is 2. The van der Waals surface area contributed by atoms with Crippen LogP contribution in [0.15, 0.2) is 60.7 Å². The van der Waals surface area contributed by atoms with Crippen LogP contribution in [-0.4, -0.2) is 18.8 Å². The molecule has 0 radical (unpaired) electrons. The van der Waals surface area contributed by atoms with Gasteiger partial charge in [-0.15, -0.1) is 0 Å². The molecule has 0 bridgehead atoms. The quantitative estimate of drug-likeness (QED) is 0.732. The highest BCUT2D eigenvalue weighted by Gasteiger charge is 2.30. The minimum Gasteiger partial charge on any atom is -0.870 e. The van der Waals surface area contributed by atoms with Crippen molar-refractivity contribution in [2.75, 3.05) is 13.3 Å². The van der Waals surface area contributed by atoms with Gasteiger partial charge < -0.3 is 5.48 Å². The highest BCUT2D eigenvalue weighted by molar-refractivity contribution is 7.88. The van der Waals surface area contributed by atoms with Crippen molar-refractivity contribution in [1.82, 2.24) is 0 Å². The largest absolute Gasteiger partial charge is 0.870 e. The first-order valence-corrected chi connectivity index (χ1v) is 7.85. The van der Waals surface area contributed by atoms with E-state index in [1.54, 1.807) is 0 Å². The summed E-state index contributed by atoms with van der Waals surface area (Å²) in [6.45, 7) is 4.75. The predicted octanol–water partition coefficient (Wildman–Crippen LogP) is 2.74. The van der Waals surface area contributed by atoms with Crippen LogP contribution in [-0.2, 0) is 0 Å². The average Bonchev–Trinajstić information content (AvgIpc) is 2.31. The minimum absolute atomic E-state index is 0. The van der Waals surface area contributed by atoms with Crippen LogP contribution in [0.2, 0.25) is 0 Å². The molecular weight excluding hydrogens is 215 g/mol. The first kappa shape index (κ1) is 12.9. The normalized spacial score (nSPS) is 10.6. The molecule has 0 spiro atoms. The number of hydrogen-bond donors (Lipinski definition) is 0. The highest BCUT2D eigenvalue weighted by atomic mass is 31.2. The van der Waals surface area contributed by atoms with Crippen LogP contribution in [0.25, 0.3) is 0 Å². The summed E-state index contributed by atoms with van der Waals surface area (Å²) in [6, 6.07) is 21.6. The first-order chi connectivity index (χ1) is 7.21. The van der Waals surface area contributed by atoms with Gasteiger partial charge in [0.15, 0.2) is 0 Å². The molecule has 2 aromatic carbocycles. The first-order valence-electron chi connectivity index (χ1n) is 5.16. The van der Waals surface area contributed by atoms with Gasteiger partial charge in [-0.2, -0.15) is 0 Å². The monoisotopic (exact) mass is 232 g/mol.